The Bertz CT molecular complexity index is 1140. The fraction of sp³-hybridized carbons (Fsp3) is 0.273. The average Bonchev–Trinajstić information content (AvgIpc) is 3.01. The molecular formula is C22H24N2O4S. The van der Waals surface area contributed by atoms with E-state index < -0.39 is 15.9 Å². The zero-order chi connectivity index (χ0) is 21.3. The topological polar surface area (TPSA) is 80.5 Å². The van der Waals surface area contributed by atoms with Crippen LogP contribution in [0.2, 0.25) is 0 Å². The van der Waals surface area contributed by atoms with Gasteiger partial charge in [-0.15, -0.1) is 0 Å². The summed E-state index contributed by atoms with van der Waals surface area (Å²) in [5.41, 5.74) is 3.42. The lowest BCUT2D eigenvalue weighted by Gasteiger charge is -2.20. The van der Waals surface area contributed by atoms with Crippen molar-refractivity contribution in [3.05, 3.63) is 70.6 Å². The van der Waals surface area contributed by atoms with Gasteiger partial charge < -0.3 is 4.42 Å². The second kappa shape index (κ2) is 7.83. The molecule has 3 aromatic rings. The van der Waals surface area contributed by atoms with E-state index in [1.165, 1.54) is 7.05 Å². The van der Waals surface area contributed by atoms with Crippen LogP contribution in [-0.2, 0) is 21.2 Å². The number of aryl methyl sites for hydroxylation is 4. The van der Waals surface area contributed by atoms with Crippen LogP contribution in [-0.4, -0.2) is 30.7 Å². The number of sulfonamides is 1. The molecule has 1 amide bonds. The molecule has 0 aliphatic rings. The van der Waals surface area contributed by atoms with E-state index in [1.807, 2.05) is 37.3 Å². The first kappa shape index (κ1) is 20.8. The van der Waals surface area contributed by atoms with Crippen molar-refractivity contribution in [1.82, 2.24) is 9.29 Å². The predicted molar refractivity (Wildman–Crippen MR) is 111 cm³/mol. The Labute approximate surface area is 171 Å². The third-order valence-corrected chi connectivity index (χ3v) is 6.89. The summed E-state index contributed by atoms with van der Waals surface area (Å²) in [6, 6.07) is 12.9. The van der Waals surface area contributed by atoms with Crippen molar-refractivity contribution in [3.8, 4) is 11.5 Å². The van der Waals surface area contributed by atoms with E-state index in [2.05, 4.69) is 4.98 Å². The number of aromatic nitrogens is 1. The van der Waals surface area contributed by atoms with Gasteiger partial charge in [0.05, 0.1) is 17.0 Å². The number of nitrogens with zero attached hydrogens (tertiary/aromatic N) is 2. The van der Waals surface area contributed by atoms with Crippen LogP contribution >= 0.6 is 0 Å². The highest BCUT2D eigenvalue weighted by molar-refractivity contribution is 7.89. The lowest BCUT2D eigenvalue weighted by molar-refractivity contribution is -0.125. The summed E-state index contributed by atoms with van der Waals surface area (Å²) >= 11 is 0. The highest BCUT2D eigenvalue weighted by atomic mass is 32.2. The number of hydrogen-bond donors (Lipinski definition) is 0. The number of carbonyl (C=O) groups excluding carboxylic acids is 1. The van der Waals surface area contributed by atoms with Crippen LogP contribution in [0.5, 0.6) is 0 Å². The van der Waals surface area contributed by atoms with Crippen molar-refractivity contribution in [2.75, 3.05) is 7.05 Å². The van der Waals surface area contributed by atoms with E-state index in [4.69, 9.17) is 4.42 Å². The van der Waals surface area contributed by atoms with E-state index in [-0.39, 0.29) is 11.3 Å². The first-order valence-electron chi connectivity index (χ1n) is 9.22. The highest BCUT2D eigenvalue weighted by Crippen LogP contribution is 2.26. The third kappa shape index (κ3) is 4.10. The number of likely N-dealkylation sites (N-methyl/N-ethyl adjacent to an activating group) is 1. The minimum Gasteiger partial charge on any atom is -0.441 e. The minimum absolute atomic E-state index is 0.165. The number of amides is 1. The Kier molecular flexibility index (Phi) is 5.61. The van der Waals surface area contributed by atoms with Gasteiger partial charge in [0.1, 0.15) is 5.76 Å². The van der Waals surface area contributed by atoms with Gasteiger partial charge in [-0.2, -0.15) is 0 Å². The van der Waals surface area contributed by atoms with Crippen molar-refractivity contribution < 1.29 is 17.6 Å². The Morgan fingerprint density at radius 3 is 2.21 bits per heavy atom. The molecule has 3 rings (SSSR count). The quantitative estimate of drug-likeness (QED) is 0.633. The van der Waals surface area contributed by atoms with Gasteiger partial charge in [0.25, 0.3) is 10.0 Å². The number of rotatable bonds is 5. The van der Waals surface area contributed by atoms with Crippen molar-refractivity contribution in [3.63, 3.8) is 0 Å². The van der Waals surface area contributed by atoms with Gasteiger partial charge >= 0.3 is 0 Å². The largest absolute Gasteiger partial charge is 0.441 e. The molecule has 1 aromatic heterocycles. The maximum Gasteiger partial charge on any atom is 0.266 e. The predicted octanol–water partition coefficient (Wildman–Crippen LogP) is 3.97. The maximum atomic E-state index is 13.1. The van der Waals surface area contributed by atoms with Crippen molar-refractivity contribution in [2.24, 2.45) is 0 Å². The summed E-state index contributed by atoms with van der Waals surface area (Å²) in [4.78, 5) is 17.3. The molecule has 0 unspecified atom stereocenters. The summed E-state index contributed by atoms with van der Waals surface area (Å²) in [7, 11) is -2.69. The zero-order valence-electron chi connectivity index (χ0n) is 17.2. The monoisotopic (exact) mass is 412 g/mol. The number of hydrogen-bond acceptors (Lipinski definition) is 5. The smallest absolute Gasteiger partial charge is 0.266 e. The molecule has 0 N–H and O–H groups in total. The van der Waals surface area contributed by atoms with Crippen LogP contribution < -0.4 is 0 Å². The zero-order valence-corrected chi connectivity index (χ0v) is 18.0. The first-order valence-corrected chi connectivity index (χ1v) is 10.7. The van der Waals surface area contributed by atoms with Crippen LogP contribution in [0.3, 0.4) is 0 Å². The Morgan fingerprint density at radius 1 is 1.03 bits per heavy atom. The number of benzene rings is 2. The molecular weight excluding hydrogens is 388 g/mol. The third-order valence-electron chi connectivity index (χ3n) is 4.81. The summed E-state index contributed by atoms with van der Waals surface area (Å²) in [6.07, 6.45) is -0.165. The average molecular weight is 413 g/mol. The van der Waals surface area contributed by atoms with Crippen molar-refractivity contribution >= 4 is 15.9 Å². The Balaban J connectivity index is 1.87. The van der Waals surface area contributed by atoms with Crippen LogP contribution in [0.25, 0.3) is 11.5 Å². The molecule has 0 saturated carbocycles. The fourth-order valence-corrected chi connectivity index (χ4v) is 4.93. The number of oxazole rings is 1. The van der Waals surface area contributed by atoms with Gasteiger partial charge in [0, 0.05) is 12.6 Å². The fourth-order valence-electron chi connectivity index (χ4n) is 3.40. The molecule has 0 radical (unpaired) electrons. The van der Waals surface area contributed by atoms with Crippen molar-refractivity contribution in [1.29, 1.82) is 0 Å². The molecule has 152 valence electrons. The molecule has 0 atom stereocenters. The molecule has 0 saturated heterocycles. The molecule has 0 fully saturated rings. The van der Waals surface area contributed by atoms with E-state index in [9.17, 15) is 13.2 Å². The van der Waals surface area contributed by atoms with Gasteiger partial charge in [-0.05, 0) is 51.0 Å². The second-order valence-electron chi connectivity index (χ2n) is 7.16. The summed E-state index contributed by atoms with van der Waals surface area (Å²) in [5, 5.41) is 0. The van der Waals surface area contributed by atoms with E-state index in [1.54, 1.807) is 32.9 Å². The number of carbonyl (C=O) groups is 1. The molecule has 29 heavy (non-hydrogen) atoms. The standard InChI is InChI=1S/C22H24N2O4S/c1-14-11-15(2)21(16(3)12-14)29(26,27)24(5)20(25)13-19-17(4)28-22(23-19)18-9-7-6-8-10-18/h6-12H,13H2,1-5H3. The Hall–Kier alpha value is -2.93. The van der Waals surface area contributed by atoms with Gasteiger partial charge in [-0.3, -0.25) is 4.79 Å². The molecule has 0 aliphatic carbocycles. The normalized spacial score (nSPS) is 11.5. The van der Waals surface area contributed by atoms with E-state index in [0.717, 1.165) is 15.4 Å². The van der Waals surface area contributed by atoms with Crippen LogP contribution in [0, 0.1) is 27.7 Å². The lowest BCUT2D eigenvalue weighted by atomic mass is 10.1. The lowest BCUT2D eigenvalue weighted by Crippen LogP contribution is -2.35. The molecule has 0 bridgehead atoms. The molecule has 2 aromatic carbocycles. The molecule has 0 spiro atoms. The SMILES string of the molecule is Cc1cc(C)c(S(=O)(=O)N(C)C(=O)Cc2nc(-c3ccccc3)oc2C)c(C)c1. The maximum absolute atomic E-state index is 13.1. The molecule has 1 heterocycles. The van der Waals surface area contributed by atoms with Crippen LogP contribution in [0.1, 0.15) is 28.1 Å². The van der Waals surface area contributed by atoms with Gasteiger partial charge in [0.15, 0.2) is 0 Å². The highest BCUT2D eigenvalue weighted by Gasteiger charge is 2.29. The summed E-state index contributed by atoms with van der Waals surface area (Å²) in [6.45, 7) is 7.09. The first-order chi connectivity index (χ1) is 13.6. The van der Waals surface area contributed by atoms with Crippen LogP contribution in [0.4, 0.5) is 0 Å². The second-order valence-corrected chi connectivity index (χ2v) is 9.06. The minimum atomic E-state index is -3.97. The van der Waals surface area contributed by atoms with Gasteiger partial charge in [-0.25, -0.2) is 17.7 Å². The summed E-state index contributed by atoms with van der Waals surface area (Å²) in [5.74, 6) is 0.327. The van der Waals surface area contributed by atoms with Gasteiger partial charge in [-0.1, -0.05) is 35.9 Å². The molecule has 0 aliphatic heterocycles. The van der Waals surface area contributed by atoms with Crippen molar-refractivity contribution in [2.45, 2.75) is 39.0 Å². The van der Waals surface area contributed by atoms with Gasteiger partial charge in [0.2, 0.25) is 11.8 Å². The van der Waals surface area contributed by atoms with E-state index in [0.29, 0.717) is 28.5 Å². The Morgan fingerprint density at radius 2 is 1.62 bits per heavy atom. The van der Waals surface area contributed by atoms with Crippen LogP contribution in [0.15, 0.2) is 51.8 Å². The van der Waals surface area contributed by atoms with E-state index >= 15 is 0 Å². The molecule has 7 heteroatoms. The molecule has 6 nitrogen and oxygen atoms in total. The summed E-state index contributed by atoms with van der Waals surface area (Å²) < 4.78 is 32.7.